The highest BCUT2D eigenvalue weighted by Crippen LogP contribution is 2.44. The standard InChI is InChI=1S/C23H23NO4/c1-27-19-9-5-8-18(14-19)24-22(25)21(16-6-3-2-4-7-16)28-23(26)20-13-15-10-11-17(20)12-15/h2-11,14-15,17,20-21H,12-13H2,1H3,(H,24,25)/t15-,17-,20+,21+/m0/s1. The summed E-state index contributed by atoms with van der Waals surface area (Å²) in [7, 11) is 1.57. The quantitative estimate of drug-likeness (QED) is 0.607. The number of allylic oxidation sites excluding steroid dienone is 2. The number of hydrogen-bond acceptors (Lipinski definition) is 4. The minimum atomic E-state index is -0.997. The van der Waals surface area contributed by atoms with Gasteiger partial charge >= 0.3 is 5.97 Å². The van der Waals surface area contributed by atoms with E-state index >= 15 is 0 Å². The van der Waals surface area contributed by atoms with E-state index < -0.39 is 6.10 Å². The number of esters is 1. The molecule has 144 valence electrons. The highest BCUT2D eigenvalue weighted by atomic mass is 16.5. The molecule has 0 radical (unpaired) electrons. The first-order chi connectivity index (χ1) is 13.6. The van der Waals surface area contributed by atoms with Gasteiger partial charge in [-0.05, 0) is 36.8 Å². The van der Waals surface area contributed by atoms with E-state index in [1.54, 1.807) is 43.5 Å². The number of carbonyl (C=O) groups excluding carboxylic acids is 2. The Morgan fingerprint density at radius 1 is 1.04 bits per heavy atom. The molecular formula is C23H23NO4. The Hall–Kier alpha value is -3.08. The molecule has 1 amide bonds. The van der Waals surface area contributed by atoms with Gasteiger partial charge in [0, 0.05) is 17.3 Å². The van der Waals surface area contributed by atoms with Gasteiger partial charge in [0.1, 0.15) is 5.75 Å². The van der Waals surface area contributed by atoms with Crippen molar-refractivity contribution in [2.24, 2.45) is 17.8 Å². The molecule has 1 N–H and O–H groups in total. The first-order valence-corrected chi connectivity index (χ1v) is 9.52. The summed E-state index contributed by atoms with van der Waals surface area (Å²) in [5.41, 5.74) is 1.24. The average molecular weight is 377 g/mol. The van der Waals surface area contributed by atoms with E-state index in [2.05, 4.69) is 17.5 Å². The zero-order valence-corrected chi connectivity index (χ0v) is 15.7. The summed E-state index contributed by atoms with van der Waals surface area (Å²) in [6.07, 6.45) is 5.10. The maximum absolute atomic E-state index is 13.0. The summed E-state index contributed by atoms with van der Waals surface area (Å²) < 4.78 is 10.9. The summed E-state index contributed by atoms with van der Waals surface area (Å²) in [5.74, 6) is 0.488. The maximum atomic E-state index is 13.0. The number of methoxy groups -OCH3 is 1. The van der Waals surface area contributed by atoms with Crippen molar-refractivity contribution < 1.29 is 19.1 Å². The lowest BCUT2D eigenvalue weighted by molar-refractivity contribution is -0.159. The molecule has 2 aliphatic rings. The largest absolute Gasteiger partial charge is 0.497 e. The molecule has 0 unspecified atom stereocenters. The van der Waals surface area contributed by atoms with Crippen LogP contribution >= 0.6 is 0 Å². The van der Waals surface area contributed by atoms with Crippen LogP contribution in [0, 0.1) is 17.8 Å². The van der Waals surface area contributed by atoms with Crippen LogP contribution in [0.3, 0.4) is 0 Å². The smallest absolute Gasteiger partial charge is 0.310 e. The van der Waals surface area contributed by atoms with Crippen LogP contribution in [-0.2, 0) is 14.3 Å². The zero-order chi connectivity index (χ0) is 19.5. The van der Waals surface area contributed by atoms with Gasteiger partial charge in [0.25, 0.3) is 5.91 Å². The van der Waals surface area contributed by atoms with Gasteiger partial charge in [0.15, 0.2) is 0 Å². The molecule has 1 fully saturated rings. The van der Waals surface area contributed by atoms with Crippen LogP contribution < -0.4 is 10.1 Å². The third-order valence-electron chi connectivity index (χ3n) is 5.49. The van der Waals surface area contributed by atoms with Gasteiger partial charge < -0.3 is 14.8 Å². The fraction of sp³-hybridized carbons (Fsp3) is 0.304. The highest BCUT2D eigenvalue weighted by molar-refractivity contribution is 5.96. The van der Waals surface area contributed by atoms with E-state index in [9.17, 15) is 9.59 Å². The Labute approximate surface area is 164 Å². The number of anilines is 1. The summed E-state index contributed by atoms with van der Waals surface area (Å²) in [6, 6.07) is 16.2. The fourth-order valence-corrected chi connectivity index (χ4v) is 4.06. The van der Waals surface area contributed by atoms with Crippen LogP contribution in [-0.4, -0.2) is 19.0 Å². The molecule has 5 heteroatoms. The predicted molar refractivity (Wildman–Crippen MR) is 106 cm³/mol. The lowest BCUT2D eigenvalue weighted by atomic mass is 9.93. The lowest BCUT2D eigenvalue weighted by Gasteiger charge is -2.22. The van der Waals surface area contributed by atoms with Crippen molar-refractivity contribution in [2.75, 3.05) is 12.4 Å². The van der Waals surface area contributed by atoms with E-state index in [1.807, 2.05) is 18.2 Å². The lowest BCUT2D eigenvalue weighted by Crippen LogP contribution is -2.30. The topological polar surface area (TPSA) is 64.6 Å². The van der Waals surface area contributed by atoms with Crippen LogP contribution in [0.2, 0.25) is 0 Å². The molecule has 0 spiro atoms. The third-order valence-corrected chi connectivity index (χ3v) is 5.49. The number of fused-ring (bicyclic) bond motifs is 2. The zero-order valence-electron chi connectivity index (χ0n) is 15.7. The van der Waals surface area contributed by atoms with Crippen LogP contribution in [0.4, 0.5) is 5.69 Å². The number of nitrogens with one attached hydrogen (secondary N) is 1. The Morgan fingerprint density at radius 2 is 1.86 bits per heavy atom. The van der Waals surface area contributed by atoms with Gasteiger partial charge in [-0.1, -0.05) is 48.6 Å². The molecule has 2 bridgehead atoms. The SMILES string of the molecule is COc1cccc(NC(=O)[C@H](OC(=O)[C@@H]2C[C@H]3C=C[C@H]2C3)c2ccccc2)c1. The number of benzene rings is 2. The molecule has 0 heterocycles. The third kappa shape index (κ3) is 3.79. The van der Waals surface area contributed by atoms with Crippen LogP contribution in [0.25, 0.3) is 0 Å². The van der Waals surface area contributed by atoms with Crippen LogP contribution in [0.1, 0.15) is 24.5 Å². The van der Waals surface area contributed by atoms with E-state index in [4.69, 9.17) is 9.47 Å². The Kier molecular flexibility index (Phi) is 5.15. The maximum Gasteiger partial charge on any atom is 0.310 e. The van der Waals surface area contributed by atoms with Crippen molar-refractivity contribution in [2.45, 2.75) is 18.9 Å². The molecule has 2 aliphatic carbocycles. The second-order valence-electron chi connectivity index (χ2n) is 7.34. The second kappa shape index (κ2) is 7.89. The molecular weight excluding hydrogens is 354 g/mol. The van der Waals surface area contributed by atoms with Crippen molar-refractivity contribution in [3.8, 4) is 5.75 Å². The summed E-state index contributed by atoms with van der Waals surface area (Å²) >= 11 is 0. The van der Waals surface area contributed by atoms with Crippen molar-refractivity contribution in [3.05, 3.63) is 72.3 Å². The molecule has 0 aromatic heterocycles. The molecule has 0 saturated heterocycles. The van der Waals surface area contributed by atoms with Gasteiger partial charge in [0.05, 0.1) is 13.0 Å². The van der Waals surface area contributed by atoms with Gasteiger partial charge in [-0.15, -0.1) is 0 Å². The normalized spacial score (nSPS) is 23.2. The number of carbonyl (C=O) groups is 2. The number of rotatable bonds is 6. The summed E-state index contributed by atoms with van der Waals surface area (Å²) in [6.45, 7) is 0. The Bertz CT molecular complexity index is 892. The molecule has 2 aromatic rings. The van der Waals surface area contributed by atoms with E-state index in [-0.39, 0.29) is 23.7 Å². The fourth-order valence-electron chi connectivity index (χ4n) is 4.06. The molecule has 4 atom stereocenters. The highest BCUT2D eigenvalue weighted by Gasteiger charge is 2.42. The van der Waals surface area contributed by atoms with Crippen molar-refractivity contribution in [1.29, 1.82) is 0 Å². The van der Waals surface area contributed by atoms with Crippen LogP contribution in [0.15, 0.2) is 66.7 Å². The van der Waals surface area contributed by atoms with Gasteiger partial charge in [-0.3, -0.25) is 9.59 Å². The first-order valence-electron chi connectivity index (χ1n) is 9.52. The summed E-state index contributed by atoms with van der Waals surface area (Å²) in [5, 5.41) is 2.83. The average Bonchev–Trinajstić information content (AvgIpc) is 3.36. The van der Waals surface area contributed by atoms with E-state index in [1.165, 1.54) is 0 Å². The first kappa shape index (κ1) is 18.3. The van der Waals surface area contributed by atoms with Crippen molar-refractivity contribution in [3.63, 3.8) is 0 Å². The van der Waals surface area contributed by atoms with E-state index in [0.29, 0.717) is 22.9 Å². The second-order valence-corrected chi connectivity index (χ2v) is 7.34. The molecule has 4 rings (SSSR count). The molecule has 1 saturated carbocycles. The molecule has 2 aromatic carbocycles. The monoisotopic (exact) mass is 377 g/mol. The minimum absolute atomic E-state index is 0.161. The van der Waals surface area contributed by atoms with E-state index in [0.717, 1.165) is 12.8 Å². The Balaban J connectivity index is 1.52. The minimum Gasteiger partial charge on any atom is -0.497 e. The predicted octanol–water partition coefficient (Wildman–Crippen LogP) is 4.13. The van der Waals surface area contributed by atoms with Crippen molar-refractivity contribution in [1.82, 2.24) is 0 Å². The number of ether oxygens (including phenoxy) is 2. The Morgan fingerprint density at radius 3 is 2.54 bits per heavy atom. The van der Waals surface area contributed by atoms with Gasteiger partial charge in [-0.25, -0.2) is 0 Å². The van der Waals surface area contributed by atoms with Gasteiger partial charge in [-0.2, -0.15) is 0 Å². The molecule has 0 aliphatic heterocycles. The van der Waals surface area contributed by atoms with Crippen LogP contribution in [0.5, 0.6) is 5.75 Å². The molecule has 5 nitrogen and oxygen atoms in total. The van der Waals surface area contributed by atoms with Crippen molar-refractivity contribution >= 4 is 17.6 Å². The summed E-state index contributed by atoms with van der Waals surface area (Å²) in [4.78, 5) is 25.8. The van der Waals surface area contributed by atoms with Gasteiger partial charge in [0.2, 0.25) is 6.10 Å². The molecule has 28 heavy (non-hydrogen) atoms. The number of hydrogen-bond donors (Lipinski definition) is 1. The number of amides is 1.